The first-order chi connectivity index (χ1) is 21.9. The molecule has 2 aliphatic heterocycles. The van der Waals surface area contributed by atoms with Crippen molar-refractivity contribution in [2.24, 2.45) is 0 Å². The van der Waals surface area contributed by atoms with Crippen LogP contribution in [0.2, 0.25) is 0 Å². The maximum absolute atomic E-state index is 14.9. The molecule has 3 heterocycles. The van der Waals surface area contributed by atoms with Gasteiger partial charge in [-0.15, -0.1) is 0 Å². The summed E-state index contributed by atoms with van der Waals surface area (Å²) < 4.78 is 37.3. The Labute approximate surface area is 262 Å². The van der Waals surface area contributed by atoms with Crippen LogP contribution in [-0.4, -0.2) is 68.6 Å². The SMILES string of the molecule is COc1ccc(C2=C(CN(C)Cc3ccccc3)N3C(=O)C=CN(Cc4c(F)cccc4F)C3N2CCCn2ccnc2)cc1. The number of halogens is 2. The van der Waals surface area contributed by atoms with Crippen LogP contribution in [0.1, 0.15) is 23.1 Å². The third-order valence-corrected chi connectivity index (χ3v) is 8.16. The van der Waals surface area contributed by atoms with Gasteiger partial charge in [0.25, 0.3) is 5.91 Å². The summed E-state index contributed by atoms with van der Waals surface area (Å²) in [7, 11) is 3.65. The van der Waals surface area contributed by atoms with Gasteiger partial charge in [-0.05, 0) is 55.4 Å². The predicted octanol–water partition coefficient (Wildman–Crippen LogP) is 5.52. The van der Waals surface area contributed by atoms with E-state index in [1.165, 1.54) is 24.3 Å². The summed E-state index contributed by atoms with van der Waals surface area (Å²) in [6, 6.07) is 21.8. The molecule has 1 aromatic heterocycles. The zero-order valence-electron chi connectivity index (χ0n) is 25.4. The molecule has 0 saturated carbocycles. The van der Waals surface area contributed by atoms with E-state index in [1.54, 1.807) is 30.7 Å². The molecule has 0 N–H and O–H groups in total. The van der Waals surface area contributed by atoms with Gasteiger partial charge in [0.15, 0.2) is 6.29 Å². The number of hydrogen-bond acceptors (Lipinski definition) is 6. The minimum absolute atomic E-state index is 0.0459. The molecular weight excluding hydrogens is 574 g/mol. The lowest BCUT2D eigenvalue weighted by molar-refractivity contribution is -0.134. The fourth-order valence-corrected chi connectivity index (χ4v) is 6.07. The number of fused-ring (bicyclic) bond motifs is 1. The first-order valence-electron chi connectivity index (χ1n) is 15.0. The van der Waals surface area contributed by atoms with Crippen LogP contribution in [0.25, 0.3) is 5.70 Å². The molecule has 8 nitrogen and oxygen atoms in total. The molecule has 0 radical (unpaired) electrons. The van der Waals surface area contributed by atoms with Gasteiger partial charge in [0, 0.05) is 62.0 Å². The molecule has 10 heteroatoms. The Morgan fingerprint density at radius 3 is 2.38 bits per heavy atom. The van der Waals surface area contributed by atoms with Crippen molar-refractivity contribution in [1.82, 2.24) is 29.2 Å². The molecule has 0 spiro atoms. The maximum atomic E-state index is 14.9. The molecule has 6 rings (SSSR count). The highest BCUT2D eigenvalue weighted by Crippen LogP contribution is 2.41. The van der Waals surface area contributed by atoms with Crippen LogP contribution < -0.4 is 4.74 Å². The molecule has 3 aromatic carbocycles. The van der Waals surface area contributed by atoms with Crippen molar-refractivity contribution >= 4 is 11.6 Å². The van der Waals surface area contributed by atoms with E-state index in [4.69, 9.17) is 4.74 Å². The molecule has 0 fully saturated rings. The van der Waals surface area contributed by atoms with E-state index in [0.29, 0.717) is 26.2 Å². The Balaban J connectivity index is 1.42. The third kappa shape index (κ3) is 6.46. The van der Waals surface area contributed by atoms with Crippen molar-refractivity contribution in [1.29, 1.82) is 0 Å². The van der Waals surface area contributed by atoms with E-state index in [9.17, 15) is 13.6 Å². The van der Waals surface area contributed by atoms with Crippen LogP contribution >= 0.6 is 0 Å². The molecule has 0 aliphatic carbocycles. The van der Waals surface area contributed by atoms with Crippen molar-refractivity contribution < 1.29 is 18.3 Å². The number of rotatable bonds is 12. The zero-order chi connectivity index (χ0) is 31.3. The van der Waals surface area contributed by atoms with Gasteiger partial charge < -0.3 is 19.1 Å². The summed E-state index contributed by atoms with van der Waals surface area (Å²) in [4.78, 5) is 25.9. The van der Waals surface area contributed by atoms with Crippen LogP contribution in [0, 0.1) is 11.6 Å². The fraction of sp³-hybridized carbons (Fsp3) is 0.257. The van der Waals surface area contributed by atoms with Gasteiger partial charge in [0.2, 0.25) is 0 Å². The number of hydrogen-bond donors (Lipinski definition) is 0. The van der Waals surface area contributed by atoms with Gasteiger partial charge in [-0.2, -0.15) is 0 Å². The normalized spacial score (nSPS) is 16.2. The van der Waals surface area contributed by atoms with Gasteiger partial charge in [0.1, 0.15) is 17.4 Å². The van der Waals surface area contributed by atoms with Crippen molar-refractivity contribution in [2.45, 2.75) is 32.3 Å². The number of carbonyl (C=O) groups is 1. The molecule has 0 saturated heterocycles. The van der Waals surface area contributed by atoms with Gasteiger partial charge in [-0.1, -0.05) is 36.4 Å². The molecule has 232 valence electrons. The second-order valence-corrected chi connectivity index (χ2v) is 11.3. The van der Waals surface area contributed by atoms with E-state index < -0.39 is 17.9 Å². The van der Waals surface area contributed by atoms with E-state index in [1.807, 2.05) is 65.2 Å². The fourth-order valence-electron chi connectivity index (χ4n) is 6.07. The summed E-state index contributed by atoms with van der Waals surface area (Å²) in [6.45, 7) is 2.38. The van der Waals surface area contributed by atoms with Crippen molar-refractivity contribution in [3.05, 3.63) is 138 Å². The minimum Gasteiger partial charge on any atom is -0.497 e. The molecule has 1 unspecified atom stereocenters. The van der Waals surface area contributed by atoms with Crippen LogP contribution in [-0.2, 0) is 24.4 Å². The number of imidazole rings is 1. The van der Waals surface area contributed by atoms with E-state index in [2.05, 4.69) is 26.9 Å². The van der Waals surface area contributed by atoms with Crippen LogP contribution in [0.5, 0.6) is 5.75 Å². The summed E-state index contributed by atoms with van der Waals surface area (Å²) in [5, 5.41) is 0. The van der Waals surface area contributed by atoms with Gasteiger partial charge in [-0.3, -0.25) is 14.6 Å². The molecule has 1 amide bonds. The number of amides is 1. The number of carbonyl (C=O) groups excluding carboxylic acids is 1. The van der Waals surface area contributed by atoms with E-state index >= 15 is 0 Å². The largest absolute Gasteiger partial charge is 0.497 e. The highest BCUT2D eigenvalue weighted by molar-refractivity contribution is 5.93. The maximum Gasteiger partial charge on any atom is 0.255 e. The molecule has 2 aliphatic rings. The quantitative estimate of drug-likeness (QED) is 0.211. The monoisotopic (exact) mass is 610 g/mol. The lowest BCUT2D eigenvalue weighted by atomic mass is 10.1. The molecule has 4 aromatic rings. The number of methoxy groups -OCH3 is 1. The lowest BCUT2D eigenvalue weighted by Gasteiger charge is -2.43. The van der Waals surface area contributed by atoms with Gasteiger partial charge in [-0.25, -0.2) is 13.8 Å². The van der Waals surface area contributed by atoms with Crippen LogP contribution in [0.4, 0.5) is 8.78 Å². The second kappa shape index (κ2) is 13.4. The first-order valence-corrected chi connectivity index (χ1v) is 15.0. The molecular formula is C35H36F2N6O2. The lowest BCUT2D eigenvalue weighted by Crippen LogP contribution is -2.55. The number of ether oxygens (including phenoxy) is 1. The standard InChI is InChI=1S/C35H36F2N6O2/c1-39(22-26-8-4-3-5-9-26)24-32-34(27-12-14-28(45-2)15-13-27)42(19-7-18-40-21-17-38-25-40)35-41(20-16-33(44)43(32)35)23-29-30(36)10-6-11-31(29)37/h3-6,8-17,20-21,25,35H,7,18-19,22-24H2,1-2H3. The Bertz CT molecular complexity index is 1650. The van der Waals surface area contributed by atoms with Gasteiger partial charge >= 0.3 is 0 Å². The van der Waals surface area contributed by atoms with Crippen LogP contribution in [0.15, 0.2) is 109 Å². The average molecular weight is 611 g/mol. The Kier molecular flexibility index (Phi) is 8.93. The number of benzene rings is 3. The summed E-state index contributed by atoms with van der Waals surface area (Å²) in [6.07, 6.45) is 8.69. The second-order valence-electron chi connectivity index (χ2n) is 11.3. The summed E-state index contributed by atoms with van der Waals surface area (Å²) in [5.41, 5.74) is 3.74. The number of aromatic nitrogens is 2. The number of nitrogens with zero attached hydrogens (tertiary/aromatic N) is 6. The molecule has 45 heavy (non-hydrogen) atoms. The summed E-state index contributed by atoms with van der Waals surface area (Å²) >= 11 is 0. The van der Waals surface area contributed by atoms with Crippen molar-refractivity contribution in [3.8, 4) is 5.75 Å². The zero-order valence-corrected chi connectivity index (χ0v) is 25.4. The first kappa shape index (κ1) is 30.1. The minimum atomic E-state index is -0.624. The van der Waals surface area contributed by atoms with Gasteiger partial charge in [0.05, 0.1) is 31.4 Å². The predicted molar refractivity (Wildman–Crippen MR) is 168 cm³/mol. The topological polar surface area (TPSA) is 57.1 Å². The van der Waals surface area contributed by atoms with E-state index in [0.717, 1.165) is 34.7 Å². The Morgan fingerprint density at radius 1 is 0.933 bits per heavy atom. The summed E-state index contributed by atoms with van der Waals surface area (Å²) in [5.74, 6) is -0.708. The highest BCUT2D eigenvalue weighted by Gasteiger charge is 2.46. The average Bonchev–Trinajstić information content (AvgIpc) is 3.68. The Hall–Kier alpha value is -4.96. The van der Waals surface area contributed by atoms with Crippen molar-refractivity contribution in [2.75, 3.05) is 27.2 Å². The number of likely N-dealkylation sites (N-methyl/N-ethyl adjacent to an activating group) is 1. The number of aryl methyl sites for hydroxylation is 1. The van der Waals surface area contributed by atoms with Crippen molar-refractivity contribution in [3.63, 3.8) is 0 Å². The molecule has 1 atom stereocenters. The highest BCUT2D eigenvalue weighted by atomic mass is 19.1. The van der Waals surface area contributed by atoms with Crippen LogP contribution in [0.3, 0.4) is 0 Å². The molecule has 0 bridgehead atoms. The smallest absolute Gasteiger partial charge is 0.255 e. The Morgan fingerprint density at radius 2 is 1.69 bits per heavy atom. The third-order valence-electron chi connectivity index (χ3n) is 8.16. The van der Waals surface area contributed by atoms with E-state index in [-0.39, 0.29) is 18.0 Å².